The molecule has 108 valence electrons. The van der Waals surface area contributed by atoms with Crippen LogP contribution in [0.4, 0.5) is 0 Å². The van der Waals surface area contributed by atoms with Gasteiger partial charge in [0.05, 0.1) is 6.04 Å². The van der Waals surface area contributed by atoms with Crippen molar-refractivity contribution in [3.63, 3.8) is 0 Å². The van der Waals surface area contributed by atoms with Crippen molar-refractivity contribution in [2.24, 2.45) is 5.92 Å². The lowest BCUT2D eigenvalue weighted by Gasteiger charge is -2.27. The molecule has 1 aromatic carbocycles. The summed E-state index contributed by atoms with van der Waals surface area (Å²) in [6.45, 7) is 4.53. The van der Waals surface area contributed by atoms with Gasteiger partial charge < -0.3 is 0 Å². The molecule has 1 aliphatic carbocycles. The third kappa shape index (κ3) is 3.13. The molecule has 2 nitrogen and oxygen atoms in total. The summed E-state index contributed by atoms with van der Waals surface area (Å²) in [5.41, 5.74) is 9.50. The summed E-state index contributed by atoms with van der Waals surface area (Å²) in [6, 6.07) is 9.95. The molecule has 2 N–H and O–H groups in total. The smallest absolute Gasteiger partial charge is 0.0643 e. The second-order valence-electron chi connectivity index (χ2n) is 6.56. The van der Waals surface area contributed by atoms with Gasteiger partial charge in [-0.15, -0.1) is 0 Å². The fraction of sp³-hybridized carbons (Fsp3) is 0.556. The normalized spacial score (nSPS) is 34.1. The maximum absolute atomic E-state index is 3.35. The molecular weight excluding hydrogens is 244 g/mol. The quantitative estimate of drug-likeness (QED) is 0.791. The first-order valence-electron chi connectivity index (χ1n) is 8.01. The van der Waals surface area contributed by atoms with E-state index in [4.69, 9.17) is 0 Å². The molecule has 3 rings (SSSR count). The topological polar surface area (TPSA) is 24.1 Å². The second kappa shape index (κ2) is 6.11. The molecule has 1 heterocycles. The maximum atomic E-state index is 3.35. The Balaban J connectivity index is 1.67. The molecule has 2 aliphatic rings. The van der Waals surface area contributed by atoms with Crippen LogP contribution in [0.25, 0.3) is 0 Å². The highest BCUT2D eigenvalue weighted by Gasteiger charge is 2.20. The number of hydrogen-bond donors (Lipinski definition) is 2. The van der Waals surface area contributed by atoms with Crippen LogP contribution < -0.4 is 10.9 Å². The van der Waals surface area contributed by atoms with Gasteiger partial charge >= 0.3 is 0 Å². The van der Waals surface area contributed by atoms with Crippen LogP contribution in [0.2, 0.25) is 0 Å². The van der Waals surface area contributed by atoms with Gasteiger partial charge in [-0.25, -0.2) is 5.43 Å². The van der Waals surface area contributed by atoms with Crippen molar-refractivity contribution in [3.8, 4) is 0 Å². The zero-order valence-corrected chi connectivity index (χ0v) is 12.6. The number of rotatable bonds is 2. The second-order valence-corrected chi connectivity index (χ2v) is 6.56. The minimum atomic E-state index is 0.298. The van der Waals surface area contributed by atoms with E-state index >= 15 is 0 Å². The molecule has 1 saturated carbocycles. The Morgan fingerprint density at radius 2 is 1.45 bits per heavy atom. The Bertz CT molecular complexity index is 455. The Morgan fingerprint density at radius 3 is 2.05 bits per heavy atom. The monoisotopic (exact) mass is 270 g/mol. The van der Waals surface area contributed by atoms with Crippen LogP contribution in [-0.2, 0) is 0 Å². The van der Waals surface area contributed by atoms with Gasteiger partial charge in [0.15, 0.2) is 0 Å². The molecule has 1 aromatic rings. The molecule has 1 aliphatic heterocycles. The van der Waals surface area contributed by atoms with E-state index in [1.165, 1.54) is 36.8 Å². The fourth-order valence-electron chi connectivity index (χ4n) is 3.36. The first-order valence-corrected chi connectivity index (χ1v) is 8.01. The lowest BCUT2D eigenvalue weighted by Crippen LogP contribution is -2.43. The Hall–Kier alpha value is -1.12. The van der Waals surface area contributed by atoms with Crippen molar-refractivity contribution in [3.05, 3.63) is 47.5 Å². The van der Waals surface area contributed by atoms with Gasteiger partial charge in [-0.05, 0) is 42.7 Å². The molecule has 2 atom stereocenters. The number of benzene rings is 1. The summed E-state index contributed by atoms with van der Waals surface area (Å²) in [6.07, 6.45) is 9.97. The van der Waals surface area contributed by atoms with Crippen LogP contribution in [0.5, 0.6) is 0 Å². The Labute approximate surface area is 122 Å². The molecular formula is C18H26N2. The summed E-state index contributed by atoms with van der Waals surface area (Å²) in [5.74, 6) is 1.71. The predicted molar refractivity (Wildman–Crippen MR) is 84.4 cm³/mol. The third-order valence-corrected chi connectivity index (χ3v) is 4.84. The van der Waals surface area contributed by atoms with E-state index < -0.39 is 0 Å². The first kappa shape index (κ1) is 13.8. The van der Waals surface area contributed by atoms with Crippen LogP contribution in [-0.4, -0.2) is 6.04 Å². The Kier molecular flexibility index (Phi) is 4.23. The van der Waals surface area contributed by atoms with Gasteiger partial charge in [-0.1, -0.05) is 56.2 Å². The highest BCUT2D eigenvalue weighted by atomic mass is 15.4. The van der Waals surface area contributed by atoms with Crippen LogP contribution in [0.3, 0.4) is 0 Å². The zero-order valence-electron chi connectivity index (χ0n) is 12.6. The van der Waals surface area contributed by atoms with E-state index in [-0.39, 0.29) is 0 Å². The minimum Gasteiger partial charge on any atom is -0.250 e. The Morgan fingerprint density at radius 1 is 0.800 bits per heavy atom. The van der Waals surface area contributed by atoms with Crippen molar-refractivity contribution in [2.75, 3.05) is 0 Å². The van der Waals surface area contributed by atoms with Gasteiger partial charge in [-0.3, -0.25) is 5.43 Å². The SMILES string of the molecule is CC1CCC(c2ccc(C3C=CC(C)NN3)cc2)CC1. The summed E-state index contributed by atoms with van der Waals surface area (Å²) in [5, 5.41) is 0. The van der Waals surface area contributed by atoms with Crippen LogP contribution in [0.15, 0.2) is 36.4 Å². The standard InChI is InChI=1S/C18H26N2/c1-13-3-6-15(7-4-13)16-8-10-17(11-9-16)18-12-5-14(2)19-20-18/h5,8-15,18-20H,3-4,6-7H2,1-2H3. The van der Waals surface area contributed by atoms with Crippen molar-refractivity contribution in [1.82, 2.24) is 10.9 Å². The molecule has 1 fully saturated rings. The summed E-state index contributed by atoms with van der Waals surface area (Å²) in [4.78, 5) is 0. The zero-order chi connectivity index (χ0) is 13.9. The molecule has 0 radical (unpaired) electrons. The van der Waals surface area contributed by atoms with Gasteiger partial charge in [0, 0.05) is 6.04 Å². The van der Waals surface area contributed by atoms with Gasteiger partial charge in [0.1, 0.15) is 0 Å². The molecule has 2 heteroatoms. The molecule has 2 unspecified atom stereocenters. The summed E-state index contributed by atoms with van der Waals surface area (Å²) in [7, 11) is 0. The van der Waals surface area contributed by atoms with Crippen molar-refractivity contribution >= 4 is 0 Å². The van der Waals surface area contributed by atoms with E-state index in [9.17, 15) is 0 Å². The average Bonchev–Trinajstić information content (AvgIpc) is 2.49. The fourth-order valence-corrected chi connectivity index (χ4v) is 3.36. The van der Waals surface area contributed by atoms with E-state index in [0.717, 1.165) is 11.8 Å². The number of nitrogens with one attached hydrogen (secondary N) is 2. The summed E-state index contributed by atoms with van der Waals surface area (Å²) < 4.78 is 0. The highest BCUT2D eigenvalue weighted by Crippen LogP contribution is 2.35. The van der Waals surface area contributed by atoms with E-state index in [0.29, 0.717) is 12.1 Å². The third-order valence-electron chi connectivity index (χ3n) is 4.84. The molecule has 0 aromatic heterocycles. The van der Waals surface area contributed by atoms with E-state index in [1.807, 2.05) is 0 Å². The largest absolute Gasteiger partial charge is 0.250 e. The molecule has 20 heavy (non-hydrogen) atoms. The molecule has 0 saturated heterocycles. The van der Waals surface area contributed by atoms with Crippen LogP contribution >= 0.6 is 0 Å². The van der Waals surface area contributed by atoms with Crippen molar-refractivity contribution < 1.29 is 0 Å². The van der Waals surface area contributed by atoms with Gasteiger partial charge in [-0.2, -0.15) is 0 Å². The maximum Gasteiger partial charge on any atom is 0.0643 e. The van der Waals surface area contributed by atoms with Crippen LogP contribution in [0, 0.1) is 5.92 Å². The van der Waals surface area contributed by atoms with Gasteiger partial charge in [0.2, 0.25) is 0 Å². The molecule has 0 bridgehead atoms. The first-order chi connectivity index (χ1) is 9.72. The van der Waals surface area contributed by atoms with E-state index in [1.54, 1.807) is 0 Å². The summed E-state index contributed by atoms with van der Waals surface area (Å²) >= 11 is 0. The lowest BCUT2D eigenvalue weighted by molar-refractivity contribution is 0.348. The van der Waals surface area contributed by atoms with Crippen molar-refractivity contribution in [1.29, 1.82) is 0 Å². The molecule has 0 amide bonds. The lowest BCUT2D eigenvalue weighted by atomic mass is 9.79. The average molecular weight is 270 g/mol. The number of hydrogen-bond acceptors (Lipinski definition) is 2. The minimum absolute atomic E-state index is 0.298. The van der Waals surface area contributed by atoms with E-state index in [2.05, 4.69) is 61.1 Å². The molecule has 0 spiro atoms. The number of hydrazine groups is 1. The highest BCUT2D eigenvalue weighted by molar-refractivity contribution is 5.30. The predicted octanol–water partition coefficient (Wildman–Crippen LogP) is 4.07. The van der Waals surface area contributed by atoms with Crippen molar-refractivity contribution in [2.45, 2.75) is 57.5 Å². The van der Waals surface area contributed by atoms with Crippen LogP contribution in [0.1, 0.15) is 62.6 Å². The van der Waals surface area contributed by atoms with Gasteiger partial charge in [0.25, 0.3) is 0 Å².